The van der Waals surface area contributed by atoms with Crippen molar-refractivity contribution in [3.8, 4) is 11.5 Å². The van der Waals surface area contributed by atoms with Crippen molar-refractivity contribution in [2.75, 3.05) is 6.61 Å². The average Bonchev–Trinajstić information content (AvgIpc) is 3.40. The number of nitrogens with one attached hydrogen (secondary N) is 1. The summed E-state index contributed by atoms with van der Waals surface area (Å²) in [4.78, 5) is 31.2. The van der Waals surface area contributed by atoms with Crippen molar-refractivity contribution in [2.24, 2.45) is 5.92 Å². The van der Waals surface area contributed by atoms with Crippen LogP contribution < -0.4 is 19.6 Å². The lowest BCUT2D eigenvalue weighted by molar-refractivity contribution is -0.378. The number of hydrogen-bond acceptors (Lipinski definition) is 5. The fraction of sp³-hybridized carbons (Fsp3) is 0.323. The molecule has 7 nitrogen and oxygen atoms in total. The summed E-state index contributed by atoms with van der Waals surface area (Å²) in [5, 5.41) is 13.9. The predicted molar refractivity (Wildman–Crippen MR) is 140 cm³/mol. The van der Waals surface area contributed by atoms with E-state index in [-0.39, 0.29) is 18.2 Å². The highest BCUT2D eigenvalue weighted by molar-refractivity contribution is 6.46. The van der Waals surface area contributed by atoms with Crippen LogP contribution >= 0.6 is 0 Å². The number of fused-ring (bicyclic) bond motifs is 1. The third kappa shape index (κ3) is 5.14. The largest absolute Gasteiger partial charge is 0.872 e. The molecule has 2 aliphatic heterocycles. The fourth-order valence-electron chi connectivity index (χ4n) is 5.01. The molecule has 1 saturated heterocycles. The van der Waals surface area contributed by atoms with Crippen molar-refractivity contribution in [3.63, 3.8) is 0 Å². The lowest BCUT2D eigenvalue weighted by Crippen LogP contribution is -2.29. The first kappa shape index (κ1) is 25.5. The Balaban J connectivity index is 1.57. The molecule has 1 N–H and O–H groups in total. The van der Waals surface area contributed by atoms with Gasteiger partial charge in [-0.2, -0.15) is 0 Å². The van der Waals surface area contributed by atoms with Crippen molar-refractivity contribution < 1.29 is 29.2 Å². The summed E-state index contributed by atoms with van der Waals surface area (Å²) in [6, 6.07) is 15.4. The number of rotatable bonds is 8. The van der Waals surface area contributed by atoms with Gasteiger partial charge in [0.15, 0.2) is 12.4 Å². The fourth-order valence-corrected chi connectivity index (χ4v) is 5.01. The van der Waals surface area contributed by atoms with Crippen molar-refractivity contribution in [1.29, 1.82) is 0 Å². The van der Waals surface area contributed by atoms with E-state index in [1.807, 2.05) is 43.3 Å². The maximum Gasteiger partial charge on any atom is 0.295 e. The van der Waals surface area contributed by atoms with E-state index in [4.69, 9.17) is 9.47 Å². The number of aromatic nitrogens is 1. The Labute approximate surface area is 222 Å². The Morgan fingerprint density at radius 1 is 1.16 bits per heavy atom. The number of carbonyl (C=O) groups excluding carboxylic acids is 2. The van der Waals surface area contributed by atoms with Crippen LogP contribution in [-0.2, 0) is 22.6 Å². The number of pyridine rings is 1. The van der Waals surface area contributed by atoms with Gasteiger partial charge in [0, 0.05) is 23.6 Å². The summed E-state index contributed by atoms with van der Waals surface area (Å²) >= 11 is 0. The molecule has 0 saturated carbocycles. The number of ether oxygens (including phenoxy) is 2. The summed E-state index contributed by atoms with van der Waals surface area (Å²) < 4.78 is 11.7. The van der Waals surface area contributed by atoms with Crippen LogP contribution in [0.4, 0.5) is 0 Å². The zero-order valence-electron chi connectivity index (χ0n) is 21.9. The molecule has 38 heavy (non-hydrogen) atoms. The van der Waals surface area contributed by atoms with Gasteiger partial charge in [-0.1, -0.05) is 37.8 Å². The molecule has 0 bridgehead atoms. The van der Waals surface area contributed by atoms with Gasteiger partial charge in [0.05, 0.1) is 19.2 Å². The van der Waals surface area contributed by atoms with E-state index in [1.54, 1.807) is 30.6 Å². The van der Waals surface area contributed by atoms with Crippen molar-refractivity contribution in [3.05, 3.63) is 94.8 Å². The molecule has 2 aliphatic rings. The van der Waals surface area contributed by atoms with Gasteiger partial charge < -0.3 is 19.5 Å². The minimum Gasteiger partial charge on any atom is -0.872 e. The number of likely N-dealkylation sites (tertiary alicyclic amines) is 1. The number of nitrogens with zero attached hydrogens (tertiary/aromatic N) is 1. The first-order chi connectivity index (χ1) is 18.3. The van der Waals surface area contributed by atoms with Crippen LogP contribution in [0.15, 0.2) is 72.6 Å². The number of amides is 1. The normalized spacial score (nSPS) is 20.1. The Kier molecular flexibility index (Phi) is 7.18. The molecule has 0 radical (unpaired) electrons. The van der Waals surface area contributed by atoms with E-state index in [1.165, 1.54) is 4.90 Å². The first-order valence-corrected chi connectivity index (χ1v) is 13.1. The lowest BCUT2D eigenvalue weighted by atomic mass is 9.94. The van der Waals surface area contributed by atoms with E-state index in [9.17, 15) is 14.7 Å². The second kappa shape index (κ2) is 10.7. The third-order valence-electron chi connectivity index (χ3n) is 6.95. The van der Waals surface area contributed by atoms with Gasteiger partial charge in [-0.15, -0.1) is 0 Å². The van der Waals surface area contributed by atoms with Crippen LogP contribution in [0, 0.1) is 5.92 Å². The van der Waals surface area contributed by atoms with Crippen LogP contribution in [0.3, 0.4) is 0 Å². The van der Waals surface area contributed by atoms with Gasteiger partial charge in [0.25, 0.3) is 5.91 Å². The summed E-state index contributed by atoms with van der Waals surface area (Å²) in [5.74, 6) is -0.0118. The molecule has 3 heterocycles. The molecule has 196 valence electrons. The minimum absolute atomic E-state index is 0.0297. The molecule has 7 heteroatoms. The third-order valence-corrected chi connectivity index (χ3v) is 6.95. The van der Waals surface area contributed by atoms with Gasteiger partial charge >= 0.3 is 0 Å². The molecule has 5 rings (SSSR count). The molecule has 2 unspecified atom stereocenters. The molecular formula is C31H32N2O5. The molecule has 0 spiro atoms. The monoisotopic (exact) mass is 512 g/mol. The second-order valence-electron chi connectivity index (χ2n) is 10.4. The molecule has 2 aromatic carbocycles. The Hall–Kier alpha value is -4.13. The minimum atomic E-state index is -0.834. The van der Waals surface area contributed by atoms with Gasteiger partial charge in [0.1, 0.15) is 17.6 Å². The van der Waals surface area contributed by atoms with Gasteiger partial charge in [-0.05, 0) is 66.3 Å². The van der Waals surface area contributed by atoms with Crippen LogP contribution in [0.25, 0.3) is 5.76 Å². The molecule has 1 aromatic heterocycles. The highest BCUT2D eigenvalue weighted by Gasteiger charge is 2.44. The molecule has 0 aliphatic carbocycles. The van der Waals surface area contributed by atoms with Crippen LogP contribution in [0.1, 0.15) is 55.5 Å². The van der Waals surface area contributed by atoms with Crippen molar-refractivity contribution in [1.82, 2.24) is 4.90 Å². The summed E-state index contributed by atoms with van der Waals surface area (Å²) in [5.41, 5.74) is 2.74. The molecular weight excluding hydrogens is 480 g/mol. The zero-order chi connectivity index (χ0) is 26.8. The number of aromatic amines is 1. The molecule has 3 aromatic rings. The zero-order valence-corrected chi connectivity index (χ0v) is 21.9. The Morgan fingerprint density at radius 2 is 2.00 bits per heavy atom. The topological polar surface area (TPSA) is 93.0 Å². The number of hydrogen-bond donors (Lipinski definition) is 0. The second-order valence-corrected chi connectivity index (χ2v) is 10.4. The molecule has 2 atom stereocenters. The smallest absolute Gasteiger partial charge is 0.295 e. The predicted octanol–water partition coefficient (Wildman–Crippen LogP) is 3.67. The van der Waals surface area contributed by atoms with Crippen LogP contribution in [-0.4, -0.2) is 29.3 Å². The SMILES string of the molecule is CC(C)CCOc1cccc(C2/C(=C(\[O-])c3ccc4c(c3)CC(C)O4)C(=O)C(=O)N2Cc2ccc[nH+]c2)c1. The van der Waals surface area contributed by atoms with Gasteiger partial charge in [-0.3, -0.25) is 9.59 Å². The Morgan fingerprint density at radius 3 is 2.76 bits per heavy atom. The Bertz CT molecular complexity index is 1380. The first-order valence-electron chi connectivity index (χ1n) is 13.1. The number of Topliss-reactive ketones (excluding diaryl/α,β-unsaturated/α-hetero) is 1. The molecule has 1 amide bonds. The summed E-state index contributed by atoms with van der Waals surface area (Å²) in [6.45, 7) is 6.97. The molecule has 1 fully saturated rings. The summed E-state index contributed by atoms with van der Waals surface area (Å²) in [6.07, 6.45) is 5.17. The van der Waals surface area contributed by atoms with E-state index >= 15 is 0 Å². The maximum atomic E-state index is 13.9. The van der Waals surface area contributed by atoms with E-state index in [0.29, 0.717) is 35.8 Å². The van der Waals surface area contributed by atoms with Crippen molar-refractivity contribution in [2.45, 2.75) is 52.3 Å². The van der Waals surface area contributed by atoms with E-state index in [0.717, 1.165) is 23.3 Å². The number of benzene rings is 2. The summed E-state index contributed by atoms with van der Waals surface area (Å²) in [7, 11) is 0. The van der Waals surface area contributed by atoms with Gasteiger partial charge in [0.2, 0.25) is 5.78 Å². The lowest BCUT2D eigenvalue weighted by Gasteiger charge is -2.27. The number of ketones is 1. The quantitative estimate of drug-likeness (QED) is 0.261. The highest BCUT2D eigenvalue weighted by atomic mass is 16.5. The number of carbonyl (C=O) groups is 2. The van der Waals surface area contributed by atoms with Crippen LogP contribution in [0.2, 0.25) is 0 Å². The van der Waals surface area contributed by atoms with Crippen LogP contribution in [0.5, 0.6) is 11.5 Å². The maximum absolute atomic E-state index is 13.9. The van der Waals surface area contributed by atoms with E-state index in [2.05, 4.69) is 18.8 Å². The van der Waals surface area contributed by atoms with Gasteiger partial charge in [-0.25, -0.2) is 4.98 Å². The standard InChI is InChI=1S/C31H32N2O5/c1-19(2)11-13-37-25-8-4-7-22(16-25)28-27(29(34)23-9-10-26-24(15-23)14-20(3)38-26)30(35)31(36)33(28)18-21-6-5-12-32-17-21/h4-10,12,15-17,19-20,28,34H,11,13-14,18H2,1-3H3/b29-27+. The van der Waals surface area contributed by atoms with Crippen molar-refractivity contribution >= 4 is 17.4 Å². The van der Waals surface area contributed by atoms with E-state index < -0.39 is 23.5 Å². The average molecular weight is 513 g/mol. The highest BCUT2D eigenvalue weighted by Crippen LogP contribution is 2.41. The number of H-pyrrole nitrogens is 1.